The van der Waals surface area contributed by atoms with Gasteiger partial charge in [-0.05, 0) is 31.5 Å². The summed E-state index contributed by atoms with van der Waals surface area (Å²) >= 11 is 0. The fourth-order valence-corrected chi connectivity index (χ4v) is 1.59. The molecule has 0 amide bonds. The summed E-state index contributed by atoms with van der Waals surface area (Å²) in [6, 6.07) is 8.39. The van der Waals surface area contributed by atoms with E-state index in [1.165, 1.54) is 18.5 Å². The maximum absolute atomic E-state index is 12.8. The van der Waals surface area contributed by atoms with Crippen molar-refractivity contribution >= 4 is 5.82 Å². The average molecular weight is 231 g/mol. The number of aromatic nitrogens is 2. The molecule has 0 aliphatic heterocycles. The number of rotatable bonds is 3. The summed E-state index contributed by atoms with van der Waals surface area (Å²) in [6.07, 6.45) is 1.52. The molecule has 17 heavy (non-hydrogen) atoms. The second kappa shape index (κ2) is 4.91. The molecule has 0 aliphatic rings. The van der Waals surface area contributed by atoms with Crippen LogP contribution < -0.4 is 5.32 Å². The summed E-state index contributed by atoms with van der Waals surface area (Å²) in [5, 5.41) is 3.24. The molecule has 1 aromatic carbocycles. The zero-order valence-electron chi connectivity index (χ0n) is 9.81. The first kappa shape index (κ1) is 11.5. The van der Waals surface area contributed by atoms with E-state index in [-0.39, 0.29) is 11.9 Å². The van der Waals surface area contributed by atoms with Gasteiger partial charge in [0.15, 0.2) is 0 Å². The molecule has 0 aliphatic carbocycles. The molecule has 1 unspecified atom stereocenters. The molecule has 88 valence electrons. The minimum Gasteiger partial charge on any atom is -0.363 e. The lowest BCUT2D eigenvalue weighted by molar-refractivity contribution is 0.626. The molecule has 3 nitrogen and oxygen atoms in total. The van der Waals surface area contributed by atoms with Gasteiger partial charge in [-0.15, -0.1) is 0 Å². The average Bonchev–Trinajstić information content (AvgIpc) is 2.29. The summed E-state index contributed by atoms with van der Waals surface area (Å²) < 4.78 is 12.8. The highest BCUT2D eigenvalue weighted by atomic mass is 19.1. The van der Waals surface area contributed by atoms with Crippen molar-refractivity contribution in [1.29, 1.82) is 0 Å². The highest BCUT2D eigenvalue weighted by molar-refractivity contribution is 5.38. The minimum atomic E-state index is -0.223. The van der Waals surface area contributed by atoms with E-state index in [1.54, 1.807) is 12.1 Å². The molecule has 1 aromatic heterocycles. The van der Waals surface area contributed by atoms with Gasteiger partial charge in [-0.2, -0.15) is 0 Å². The van der Waals surface area contributed by atoms with Crippen molar-refractivity contribution in [3.63, 3.8) is 0 Å². The van der Waals surface area contributed by atoms with Gasteiger partial charge in [-0.1, -0.05) is 12.1 Å². The Hall–Kier alpha value is -1.97. The molecule has 1 atom stereocenters. The van der Waals surface area contributed by atoms with Crippen molar-refractivity contribution < 1.29 is 4.39 Å². The van der Waals surface area contributed by atoms with Crippen molar-refractivity contribution in [1.82, 2.24) is 9.97 Å². The van der Waals surface area contributed by atoms with Gasteiger partial charge in [0, 0.05) is 17.8 Å². The Bertz CT molecular complexity index is 496. The maximum Gasteiger partial charge on any atom is 0.130 e. The third-order valence-electron chi connectivity index (χ3n) is 2.54. The molecule has 1 N–H and O–H groups in total. The van der Waals surface area contributed by atoms with Gasteiger partial charge in [-0.3, -0.25) is 0 Å². The predicted molar refractivity (Wildman–Crippen MR) is 65.2 cm³/mol. The molecule has 1 heterocycles. The van der Waals surface area contributed by atoms with Crippen LogP contribution in [0.1, 0.15) is 24.2 Å². The van der Waals surface area contributed by atoms with E-state index in [2.05, 4.69) is 15.3 Å². The van der Waals surface area contributed by atoms with Crippen molar-refractivity contribution in [2.24, 2.45) is 0 Å². The molecule has 0 saturated carbocycles. The second-order valence-corrected chi connectivity index (χ2v) is 3.96. The molecular formula is C13H14FN3. The van der Waals surface area contributed by atoms with Gasteiger partial charge in [0.1, 0.15) is 18.0 Å². The fourth-order valence-electron chi connectivity index (χ4n) is 1.59. The highest BCUT2D eigenvalue weighted by Crippen LogP contribution is 2.17. The number of anilines is 1. The van der Waals surface area contributed by atoms with Crippen molar-refractivity contribution in [2.75, 3.05) is 5.32 Å². The van der Waals surface area contributed by atoms with Gasteiger partial charge in [0.2, 0.25) is 0 Å². The molecule has 4 heteroatoms. The normalized spacial score (nSPS) is 12.2. The zero-order chi connectivity index (χ0) is 12.3. The number of benzene rings is 1. The quantitative estimate of drug-likeness (QED) is 0.882. The van der Waals surface area contributed by atoms with Crippen molar-refractivity contribution in [2.45, 2.75) is 19.9 Å². The van der Waals surface area contributed by atoms with E-state index in [0.29, 0.717) is 0 Å². The lowest BCUT2D eigenvalue weighted by atomic mass is 10.1. The number of hydrogen-bond acceptors (Lipinski definition) is 3. The Balaban J connectivity index is 2.11. The zero-order valence-corrected chi connectivity index (χ0v) is 9.81. The van der Waals surface area contributed by atoms with Gasteiger partial charge in [0.05, 0.1) is 0 Å². The third kappa shape index (κ3) is 3.00. The smallest absolute Gasteiger partial charge is 0.130 e. The first-order valence-electron chi connectivity index (χ1n) is 5.46. The van der Waals surface area contributed by atoms with Crippen LogP contribution in [-0.2, 0) is 0 Å². The first-order valence-corrected chi connectivity index (χ1v) is 5.46. The van der Waals surface area contributed by atoms with Crippen LogP contribution in [0.5, 0.6) is 0 Å². The minimum absolute atomic E-state index is 0.0740. The Morgan fingerprint density at radius 2 is 1.88 bits per heavy atom. The summed E-state index contributed by atoms with van der Waals surface area (Å²) in [4.78, 5) is 8.16. The second-order valence-electron chi connectivity index (χ2n) is 3.96. The van der Waals surface area contributed by atoms with Gasteiger partial charge >= 0.3 is 0 Å². The van der Waals surface area contributed by atoms with E-state index >= 15 is 0 Å². The molecule has 0 bridgehead atoms. The molecular weight excluding hydrogens is 217 g/mol. The topological polar surface area (TPSA) is 37.8 Å². The molecule has 0 saturated heterocycles. The number of halogens is 1. The summed E-state index contributed by atoms with van der Waals surface area (Å²) in [7, 11) is 0. The lowest BCUT2D eigenvalue weighted by Gasteiger charge is -2.14. The standard InChI is InChI=1S/C13H14FN3/c1-9-7-13(16-8-15-9)17-10(2)11-3-5-12(14)6-4-11/h3-8,10H,1-2H3,(H,15,16,17). The summed E-state index contributed by atoms with van der Waals surface area (Å²) in [5.41, 5.74) is 1.93. The summed E-state index contributed by atoms with van der Waals surface area (Å²) in [6.45, 7) is 3.92. The maximum atomic E-state index is 12.8. The van der Waals surface area contributed by atoms with Crippen LogP contribution in [-0.4, -0.2) is 9.97 Å². The van der Waals surface area contributed by atoms with Crippen molar-refractivity contribution in [3.05, 3.63) is 53.7 Å². The number of nitrogens with zero attached hydrogens (tertiary/aromatic N) is 2. The number of aryl methyl sites for hydroxylation is 1. The monoisotopic (exact) mass is 231 g/mol. The number of hydrogen-bond donors (Lipinski definition) is 1. The fraction of sp³-hybridized carbons (Fsp3) is 0.231. The van der Waals surface area contributed by atoms with E-state index in [4.69, 9.17) is 0 Å². The van der Waals surface area contributed by atoms with Crippen LogP contribution in [0.2, 0.25) is 0 Å². The SMILES string of the molecule is Cc1cc(NC(C)c2ccc(F)cc2)ncn1. The Labute approximate surface area is 99.7 Å². The molecule has 0 radical (unpaired) electrons. The molecule has 0 fully saturated rings. The predicted octanol–water partition coefficient (Wildman–Crippen LogP) is 3.10. The number of nitrogens with one attached hydrogen (secondary N) is 1. The van der Waals surface area contributed by atoms with Crippen molar-refractivity contribution in [3.8, 4) is 0 Å². The van der Waals surface area contributed by atoms with Crippen LogP contribution in [0.15, 0.2) is 36.7 Å². The van der Waals surface area contributed by atoms with Crippen LogP contribution in [0.3, 0.4) is 0 Å². The van der Waals surface area contributed by atoms with Crippen LogP contribution in [0, 0.1) is 12.7 Å². The van der Waals surface area contributed by atoms with Gasteiger partial charge in [0.25, 0.3) is 0 Å². The Morgan fingerprint density at radius 3 is 2.53 bits per heavy atom. The van der Waals surface area contributed by atoms with Crippen LogP contribution in [0.25, 0.3) is 0 Å². The lowest BCUT2D eigenvalue weighted by Crippen LogP contribution is -2.08. The highest BCUT2D eigenvalue weighted by Gasteiger charge is 2.06. The van der Waals surface area contributed by atoms with E-state index in [0.717, 1.165) is 17.1 Å². The molecule has 2 aromatic rings. The summed E-state index contributed by atoms with van der Waals surface area (Å²) in [5.74, 6) is 0.549. The Morgan fingerprint density at radius 1 is 1.18 bits per heavy atom. The van der Waals surface area contributed by atoms with Gasteiger partial charge in [-0.25, -0.2) is 14.4 Å². The van der Waals surface area contributed by atoms with E-state index in [9.17, 15) is 4.39 Å². The van der Waals surface area contributed by atoms with E-state index < -0.39 is 0 Å². The third-order valence-corrected chi connectivity index (χ3v) is 2.54. The molecule has 0 spiro atoms. The van der Waals surface area contributed by atoms with Gasteiger partial charge < -0.3 is 5.32 Å². The first-order chi connectivity index (χ1) is 8.15. The Kier molecular flexibility index (Phi) is 3.32. The molecule has 2 rings (SSSR count). The largest absolute Gasteiger partial charge is 0.363 e. The van der Waals surface area contributed by atoms with E-state index in [1.807, 2.05) is 19.9 Å². The van der Waals surface area contributed by atoms with Crippen LogP contribution >= 0.6 is 0 Å². The van der Waals surface area contributed by atoms with Crippen LogP contribution in [0.4, 0.5) is 10.2 Å².